The van der Waals surface area contributed by atoms with Gasteiger partial charge in [-0.15, -0.1) is 11.6 Å². The monoisotopic (exact) mass is 374 g/mol. The zero-order valence-corrected chi connectivity index (χ0v) is 16.9. The van der Waals surface area contributed by atoms with Crippen LogP contribution < -0.4 is 0 Å². The third-order valence-corrected chi connectivity index (χ3v) is 5.58. The van der Waals surface area contributed by atoms with Crippen LogP contribution in [0.4, 0.5) is 0 Å². The van der Waals surface area contributed by atoms with Crippen molar-refractivity contribution in [1.82, 2.24) is 0 Å². The maximum atomic E-state index is 11.6. The maximum Gasteiger partial charge on any atom is 0.313 e. The second-order valence-electron chi connectivity index (χ2n) is 7.63. The predicted octanol–water partition coefficient (Wildman–Crippen LogP) is 6.00. The topological polar surface area (TPSA) is 46.5 Å². The van der Waals surface area contributed by atoms with Crippen LogP contribution in [0, 0.1) is 5.92 Å². The zero-order valence-electron chi connectivity index (χ0n) is 16.2. The summed E-state index contributed by atoms with van der Waals surface area (Å²) in [7, 11) is 0. The number of rotatable bonds is 17. The number of carbonyl (C=O) groups is 1. The van der Waals surface area contributed by atoms with Gasteiger partial charge in [0.1, 0.15) is 6.10 Å². The highest BCUT2D eigenvalue weighted by atomic mass is 35.5. The number of cyclic esters (lactones) is 1. The predicted molar refractivity (Wildman–Crippen MR) is 105 cm³/mol. The van der Waals surface area contributed by atoms with Crippen LogP contribution >= 0.6 is 11.6 Å². The Morgan fingerprint density at radius 3 is 2.16 bits per heavy atom. The van der Waals surface area contributed by atoms with Crippen LogP contribution in [0.3, 0.4) is 0 Å². The highest BCUT2D eigenvalue weighted by Crippen LogP contribution is 2.31. The van der Waals surface area contributed by atoms with Gasteiger partial charge in [-0.05, 0) is 19.3 Å². The molecule has 0 bridgehead atoms. The molecule has 0 unspecified atom stereocenters. The summed E-state index contributed by atoms with van der Waals surface area (Å²) in [6.45, 7) is 2.25. The van der Waals surface area contributed by atoms with E-state index < -0.39 is 0 Å². The molecule has 4 heteroatoms. The standard InChI is InChI=1S/C21H39ClO3/c1-2-3-4-5-6-7-8-9-11-14-18(23)17-20-19(21(24)25-20)15-12-10-13-16-22/h18-20,23H,2-17H2,1H3/t18-,19-,20-/m0/s1. The van der Waals surface area contributed by atoms with Gasteiger partial charge in [0.2, 0.25) is 0 Å². The average molecular weight is 375 g/mol. The highest BCUT2D eigenvalue weighted by molar-refractivity contribution is 6.17. The quantitative estimate of drug-likeness (QED) is 0.193. The van der Waals surface area contributed by atoms with Crippen molar-refractivity contribution < 1.29 is 14.6 Å². The van der Waals surface area contributed by atoms with Gasteiger partial charge in [0, 0.05) is 12.3 Å². The largest absolute Gasteiger partial charge is 0.461 e. The lowest BCUT2D eigenvalue weighted by atomic mass is 9.86. The number of halogens is 1. The minimum atomic E-state index is -0.326. The van der Waals surface area contributed by atoms with Crippen molar-refractivity contribution in [2.75, 3.05) is 5.88 Å². The third-order valence-electron chi connectivity index (χ3n) is 5.31. The molecular weight excluding hydrogens is 336 g/mol. The Labute approximate surface area is 159 Å². The number of hydrogen-bond donors (Lipinski definition) is 1. The maximum absolute atomic E-state index is 11.6. The SMILES string of the molecule is CCCCCCCCCCC[C@H](O)C[C@@H]1OC(=O)[C@H]1CCCCCCl. The molecule has 0 radical (unpaired) electrons. The molecule has 0 spiro atoms. The Morgan fingerprint density at radius 2 is 1.56 bits per heavy atom. The van der Waals surface area contributed by atoms with E-state index in [0.717, 1.165) is 38.5 Å². The van der Waals surface area contributed by atoms with E-state index in [9.17, 15) is 9.90 Å². The Balaban J connectivity index is 1.98. The molecule has 1 aliphatic rings. The van der Waals surface area contributed by atoms with Crippen molar-refractivity contribution in [3.63, 3.8) is 0 Å². The van der Waals surface area contributed by atoms with Gasteiger partial charge in [0.15, 0.2) is 0 Å². The molecule has 1 fully saturated rings. The summed E-state index contributed by atoms with van der Waals surface area (Å²) >= 11 is 5.67. The number of alkyl halides is 1. The van der Waals surface area contributed by atoms with E-state index in [1.807, 2.05) is 0 Å². The highest BCUT2D eigenvalue weighted by Gasteiger charge is 2.42. The first-order valence-corrected chi connectivity index (χ1v) is 11.2. The fourth-order valence-corrected chi connectivity index (χ4v) is 3.82. The molecule has 25 heavy (non-hydrogen) atoms. The second-order valence-corrected chi connectivity index (χ2v) is 8.00. The number of unbranched alkanes of at least 4 members (excludes halogenated alkanes) is 10. The lowest BCUT2D eigenvalue weighted by Crippen LogP contribution is -2.46. The zero-order chi connectivity index (χ0) is 18.3. The smallest absolute Gasteiger partial charge is 0.313 e. The molecule has 0 saturated carbocycles. The first-order chi connectivity index (χ1) is 12.2. The van der Waals surface area contributed by atoms with E-state index in [2.05, 4.69) is 6.92 Å². The van der Waals surface area contributed by atoms with Crippen molar-refractivity contribution in [2.45, 2.75) is 115 Å². The van der Waals surface area contributed by atoms with Crippen molar-refractivity contribution in [3.8, 4) is 0 Å². The van der Waals surface area contributed by atoms with Crippen LogP contribution in [0.15, 0.2) is 0 Å². The van der Waals surface area contributed by atoms with Gasteiger partial charge < -0.3 is 9.84 Å². The van der Waals surface area contributed by atoms with Crippen molar-refractivity contribution >= 4 is 17.6 Å². The molecule has 1 heterocycles. The number of hydrogen-bond acceptors (Lipinski definition) is 3. The molecule has 0 aliphatic carbocycles. The molecule has 1 aliphatic heterocycles. The minimum Gasteiger partial charge on any atom is -0.461 e. The third kappa shape index (κ3) is 10.5. The van der Waals surface area contributed by atoms with Crippen LogP contribution in [0.5, 0.6) is 0 Å². The minimum absolute atomic E-state index is 0.00750. The van der Waals surface area contributed by atoms with Gasteiger partial charge >= 0.3 is 5.97 Å². The lowest BCUT2D eigenvalue weighted by Gasteiger charge is -2.36. The first-order valence-electron chi connectivity index (χ1n) is 10.6. The number of ether oxygens (including phenoxy) is 1. The van der Waals surface area contributed by atoms with Crippen molar-refractivity contribution in [2.24, 2.45) is 5.92 Å². The van der Waals surface area contributed by atoms with Gasteiger partial charge in [-0.1, -0.05) is 77.6 Å². The van der Waals surface area contributed by atoms with Crippen LogP contribution in [0.1, 0.15) is 103 Å². The van der Waals surface area contributed by atoms with E-state index in [1.165, 1.54) is 51.4 Å². The van der Waals surface area contributed by atoms with E-state index in [-0.39, 0.29) is 24.1 Å². The summed E-state index contributed by atoms with van der Waals surface area (Å²) in [5.41, 5.74) is 0. The summed E-state index contributed by atoms with van der Waals surface area (Å²) in [6, 6.07) is 0. The van der Waals surface area contributed by atoms with Crippen LogP contribution in [-0.2, 0) is 9.53 Å². The molecule has 1 saturated heterocycles. The van der Waals surface area contributed by atoms with Crippen molar-refractivity contribution in [1.29, 1.82) is 0 Å². The van der Waals surface area contributed by atoms with Gasteiger partial charge in [-0.3, -0.25) is 4.79 Å². The van der Waals surface area contributed by atoms with E-state index in [0.29, 0.717) is 12.3 Å². The van der Waals surface area contributed by atoms with E-state index in [4.69, 9.17) is 16.3 Å². The average Bonchev–Trinajstić information content (AvgIpc) is 2.59. The molecular formula is C21H39ClO3. The summed E-state index contributed by atoms with van der Waals surface area (Å²) in [4.78, 5) is 11.6. The molecule has 0 aromatic heterocycles. The summed E-state index contributed by atoms with van der Waals surface area (Å²) < 4.78 is 5.25. The summed E-state index contributed by atoms with van der Waals surface area (Å²) in [5.74, 6) is 0.620. The van der Waals surface area contributed by atoms with Gasteiger partial charge in [-0.25, -0.2) is 0 Å². The van der Waals surface area contributed by atoms with Crippen molar-refractivity contribution in [3.05, 3.63) is 0 Å². The molecule has 1 rings (SSSR count). The van der Waals surface area contributed by atoms with Gasteiger partial charge in [0.05, 0.1) is 12.0 Å². The number of aliphatic hydroxyl groups is 1. The fraction of sp³-hybridized carbons (Fsp3) is 0.952. The molecule has 1 N–H and O–H groups in total. The second kappa shape index (κ2) is 14.8. The van der Waals surface area contributed by atoms with Crippen LogP contribution in [-0.4, -0.2) is 29.2 Å². The summed E-state index contributed by atoms with van der Waals surface area (Å²) in [6.07, 6.45) is 16.7. The lowest BCUT2D eigenvalue weighted by molar-refractivity contribution is -0.188. The molecule has 0 aromatic carbocycles. The molecule has 148 valence electrons. The molecule has 0 aromatic rings. The summed E-state index contributed by atoms with van der Waals surface area (Å²) in [5, 5.41) is 10.2. The Bertz CT molecular complexity index is 335. The normalized spacial score (nSPS) is 21.0. The molecule has 0 amide bonds. The Kier molecular flexibility index (Phi) is 13.5. The Hall–Kier alpha value is -0.280. The number of aliphatic hydroxyl groups excluding tert-OH is 1. The number of esters is 1. The van der Waals surface area contributed by atoms with Crippen LogP contribution in [0.25, 0.3) is 0 Å². The fourth-order valence-electron chi connectivity index (χ4n) is 3.63. The van der Waals surface area contributed by atoms with Gasteiger partial charge in [0.25, 0.3) is 0 Å². The molecule has 3 atom stereocenters. The molecule has 3 nitrogen and oxygen atoms in total. The van der Waals surface area contributed by atoms with E-state index >= 15 is 0 Å². The number of carbonyl (C=O) groups excluding carboxylic acids is 1. The van der Waals surface area contributed by atoms with E-state index in [1.54, 1.807) is 0 Å². The Morgan fingerprint density at radius 1 is 0.960 bits per heavy atom. The van der Waals surface area contributed by atoms with Gasteiger partial charge in [-0.2, -0.15) is 0 Å². The van der Waals surface area contributed by atoms with Crippen LogP contribution in [0.2, 0.25) is 0 Å². The first kappa shape index (κ1) is 22.8.